The van der Waals surface area contributed by atoms with Gasteiger partial charge < -0.3 is 19.7 Å². The first-order valence-corrected chi connectivity index (χ1v) is 9.71. The second-order valence-corrected chi connectivity index (χ2v) is 7.62. The molecular weight excluding hydrogens is 360 g/mol. The van der Waals surface area contributed by atoms with Crippen molar-refractivity contribution in [3.63, 3.8) is 0 Å². The molecule has 0 spiro atoms. The zero-order valence-electron chi connectivity index (χ0n) is 17.1. The van der Waals surface area contributed by atoms with Gasteiger partial charge in [0.1, 0.15) is 11.8 Å². The van der Waals surface area contributed by atoms with Gasteiger partial charge in [-0.1, -0.05) is 20.8 Å². The van der Waals surface area contributed by atoms with Crippen LogP contribution in [0, 0.1) is 11.8 Å². The fraction of sp³-hybridized carbons (Fsp3) is 0.571. The van der Waals surface area contributed by atoms with E-state index < -0.39 is 12.0 Å². The van der Waals surface area contributed by atoms with Crippen molar-refractivity contribution in [2.75, 3.05) is 26.8 Å². The molecule has 1 aliphatic heterocycles. The third-order valence-corrected chi connectivity index (χ3v) is 4.91. The van der Waals surface area contributed by atoms with E-state index in [1.807, 2.05) is 13.8 Å². The summed E-state index contributed by atoms with van der Waals surface area (Å²) in [7, 11) is 1.55. The lowest BCUT2D eigenvalue weighted by Gasteiger charge is -2.31. The van der Waals surface area contributed by atoms with Gasteiger partial charge in [-0.3, -0.25) is 9.59 Å². The maximum Gasteiger partial charge on any atom is 0.329 e. The van der Waals surface area contributed by atoms with Crippen molar-refractivity contribution in [3.05, 3.63) is 29.8 Å². The summed E-state index contributed by atoms with van der Waals surface area (Å²) >= 11 is 0. The minimum absolute atomic E-state index is 0.181. The van der Waals surface area contributed by atoms with Crippen LogP contribution in [0.4, 0.5) is 0 Å². The van der Waals surface area contributed by atoms with E-state index in [0.717, 1.165) is 12.8 Å². The Morgan fingerprint density at radius 3 is 2.46 bits per heavy atom. The molecule has 2 atom stereocenters. The van der Waals surface area contributed by atoms with Crippen LogP contribution in [0.5, 0.6) is 5.75 Å². The Morgan fingerprint density at radius 2 is 1.89 bits per heavy atom. The van der Waals surface area contributed by atoms with Crippen molar-refractivity contribution in [1.29, 1.82) is 0 Å². The second-order valence-electron chi connectivity index (χ2n) is 7.62. The molecule has 0 unspecified atom stereocenters. The molecule has 1 fully saturated rings. The highest BCUT2D eigenvalue weighted by Gasteiger charge is 2.28. The van der Waals surface area contributed by atoms with Crippen LogP contribution >= 0.6 is 0 Å². The van der Waals surface area contributed by atoms with Gasteiger partial charge in [-0.25, -0.2) is 4.79 Å². The third kappa shape index (κ3) is 5.97. The molecule has 1 N–H and O–H groups in total. The number of carbonyl (C=O) groups excluding carboxylic acids is 3. The number of benzene rings is 1. The Morgan fingerprint density at radius 1 is 1.21 bits per heavy atom. The topological polar surface area (TPSA) is 84.9 Å². The quantitative estimate of drug-likeness (QED) is 0.722. The summed E-state index contributed by atoms with van der Waals surface area (Å²) in [6, 6.07) is 5.77. The number of ether oxygens (including phenoxy) is 2. The lowest BCUT2D eigenvalue weighted by Crippen LogP contribution is -2.47. The first kappa shape index (κ1) is 21.7. The van der Waals surface area contributed by atoms with E-state index in [2.05, 4.69) is 12.2 Å². The van der Waals surface area contributed by atoms with E-state index in [-0.39, 0.29) is 24.3 Å². The van der Waals surface area contributed by atoms with Gasteiger partial charge in [-0.15, -0.1) is 0 Å². The molecule has 2 rings (SSSR count). The molecule has 0 aliphatic carbocycles. The average Bonchev–Trinajstić information content (AvgIpc) is 2.69. The van der Waals surface area contributed by atoms with Gasteiger partial charge in [0, 0.05) is 18.7 Å². The average molecular weight is 390 g/mol. The first-order chi connectivity index (χ1) is 13.3. The molecule has 0 saturated carbocycles. The minimum Gasteiger partial charge on any atom is -0.497 e. The molecule has 7 heteroatoms. The molecule has 1 saturated heterocycles. The zero-order valence-corrected chi connectivity index (χ0v) is 17.1. The van der Waals surface area contributed by atoms with Gasteiger partial charge >= 0.3 is 5.97 Å². The number of likely N-dealkylation sites (tertiary alicyclic amines) is 1. The molecule has 1 aliphatic rings. The van der Waals surface area contributed by atoms with Crippen molar-refractivity contribution in [2.45, 2.75) is 39.7 Å². The molecule has 1 aromatic carbocycles. The summed E-state index contributed by atoms with van der Waals surface area (Å²) in [4.78, 5) is 39.0. The summed E-state index contributed by atoms with van der Waals surface area (Å²) in [5.74, 6) is -0.254. The maximum absolute atomic E-state index is 12.5. The lowest BCUT2D eigenvalue weighted by atomic mass is 10.0. The summed E-state index contributed by atoms with van der Waals surface area (Å²) < 4.78 is 10.3. The molecule has 0 aromatic heterocycles. The predicted molar refractivity (Wildman–Crippen MR) is 105 cm³/mol. The monoisotopic (exact) mass is 390 g/mol. The largest absolute Gasteiger partial charge is 0.497 e. The molecule has 154 valence electrons. The van der Waals surface area contributed by atoms with Crippen LogP contribution in [-0.4, -0.2) is 55.5 Å². The Hall–Kier alpha value is -2.57. The van der Waals surface area contributed by atoms with Crippen LogP contribution in [-0.2, 0) is 14.3 Å². The van der Waals surface area contributed by atoms with E-state index in [0.29, 0.717) is 30.3 Å². The fourth-order valence-corrected chi connectivity index (χ4v) is 3.19. The minimum atomic E-state index is -0.831. The van der Waals surface area contributed by atoms with Crippen molar-refractivity contribution in [2.24, 2.45) is 11.8 Å². The SMILES string of the molecule is COc1ccc(C(=O)N[C@H](C(=O)OCC(=O)N2CCC[C@H](C)C2)C(C)C)cc1. The van der Waals surface area contributed by atoms with E-state index >= 15 is 0 Å². The normalized spacial score (nSPS) is 17.8. The summed E-state index contributed by atoms with van der Waals surface area (Å²) in [6.07, 6.45) is 2.07. The highest BCUT2D eigenvalue weighted by molar-refractivity contribution is 5.97. The molecule has 28 heavy (non-hydrogen) atoms. The van der Waals surface area contributed by atoms with Crippen molar-refractivity contribution < 1.29 is 23.9 Å². The van der Waals surface area contributed by atoms with Crippen LogP contribution < -0.4 is 10.1 Å². The lowest BCUT2D eigenvalue weighted by molar-refractivity contribution is -0.155. The first-order valence-electron chi connectivity index (χ1n) is 9.71. The van der Waals surface area contributed by atoms with Crippen LogP contribution in [0.25, 0.3) is 0 Å². The van der Waals surface area contributed by atoms with E-state index in [4.69, 9.17) is 9.47 Å². The van der Waals surface area contributed by atoms with Crippen molar-refractivity contribution in [1.82, 2.24) is 10.2 Å². The molecule has 7 nitrogen and oxygen atoms in total. The van der Waals surface area contributed by atoms with Crippen LogP contribution in [0.2, 0.25) is 0 Å². The van der Waals surface area contributed by atoms with Crippen molar-refractivity contribution >= 4 is 17.8 Å². The standard InChI is InChI=1S/C21H30N2O5/c1-14(2)19(22-20(25)16-7-9-17(27-4)10-8-16)21(26)28-13-18(24)23-11-5-6-15(3)12-23/h7-10,14-15,19H,5-6,11-13H2,1-4H3,(H,22,25)/t15-,19-/m0/s1. The summed E-state index contributed by atoms with van der Waals surface area (Å²) in [5, 5.41) is 2.70. The number of nitrogens with one attached hydrogen (secondary N) is 1. The predicted octanol–water partition coefficient (Wildman–Crippen LogP) is 2.25. The highest BCUT2D eigenvalue weighted by Crippen LogP contribution is 2.16. The third-order valence-electron chi connectivity index (χ3n) is 4.91. The highest BCUT2D eigenvalue weighted by atomic mass is 16.5. The van der Waals surface area contributed by atoms with Crippen LogP contribution in [0.3, 0.4) is 0 Å². The summed E-state index contributed by atoms with van der Waals surface area (Å²) in [6.45, 7) is 6.82. The smallest absolute Gasteiger partial charge is 0.329 e. The van der Waals surface area contributed by atoms with Crippen molar-refractivity contribution in [3.8, 4) is 5.75 Å². The number of amides is 2. The number of hydrogen-bond donors (Lipinski definition) is 1. The number of nitrogens with zero attached hydrogens (tertiary/aromatic N) is 1. The molecule has 1 heterocycles. The van der Waals surface area contributed by atoms with E-state index in [1.54, 1.807) is 36.3 Å². The van der Waals surface area contributed by atoms with Crippen LogP contribution in [0.15, 0.2) is 24.3 Å². The second kappa shape index (κ2) is 10.1. The maximum atomic E-state index is 12.5. The molecule has 2 amide bonds. The Kier molecular flexibility index (Phi) is 7.84. The van der Waals surface area contributed by atoms with Gasteiger partial charge in [0.2, 0.25) is 0 Å². The zero-order chi connectivity index (χ0) is 20.7. The number of piperidine rings is 1. The van der Waals surface area contributed by atoms with E-state index in [9.17, 15) is 14.4 Å². The summed E-state index contributed by atoms with van der Waals surface area (Å²) in [5.41, 5.74) is 0.414. The number of carbonyl (C=O) groups is 3. The Balaban J connectivity index is 1.91. The number of methoxy groups -OCH3 is 1. The van der Waals surface area contributed by atoms with Gasteiger partial charge in [-0.2, -0.15) is 0 Å². The Bertz CT molecular complexity index is 687. The van der Waals surface area contributed by atoms with Gasteiger partial charge in [0.25, 0.3) is 11.8 Å². The number of rotatable bonds is 7. The number of esters is 1. The van der Waals surface area contributed by atoms with Gasteiger partial charge in [-0.05, 0) is 48.9 Å². The van der Waals surface area contributed by atoms with Gasteiger partial charge in [0.05, 0.1) is 7.11 Å². The van der Waals surface area contributed by atoms with Gasteiger partial charge in [0.15, 0.2) is 6.61 Å². The Labute approximate surface area is 166 Å². The number of hydrogen-bond acceptors (Lipinski definition) is 5. The molecular formula is C21H30N2O5. The molecule has 1 aromatic rings. The fourth-order valence-electron chi connectivity index (χ4n) is 3.19. The van der Waals surface area contributed by atoms with E-state index in [1.165, 1.54) is 0 Å². The molecule has 0 radical (unpaired) electrons. The van der Waals surface area contributed by atoms with Crippen LogP contribution in [0.1, 0.15) is 44.0 Å². The molecule has 0 bridgehead atoms.